The van der Waals surface area contributed by atoms with Crippen molar-refractivity contribution in [3.8, 4) is 22.6 Å². The summed E-state index contributed by atoms with van der Waals surface area (Å²) in [7, 11) is 1.48. The summed E-state index contributed by atoms with van der Waals surface area (Å²) in [6.07, 6.45) is 4.50. The molecule has 40 heavy (non-hydrogen) atoms. The molecule has 0 saturated heterocycles. The Morgan fingerprint density at radius 2 is 1.73 bits per heavy atom. The van der Waals surface area contributed by atoms with Crippen LogP contribution in [0.25, 0.3) is 22.0 Å². The first-order valence-electron chi connectivity index (χ1n) is 13.7. The molecule has 0 bridgehead atoms. The number of nitrogens with zero attached hydrogens (tertiary/aromatic N) is 1. The van der Waals surface area contributed by atoms with Crippen molar-refractivity contribution in [2.45, 2.75) is 78.0 Å². The van der Waals surface area contributed by atoms with Gasteiger partial charge in [0.05, 0.1) is 28.9 Å². The Balaban J connectivity index is 1.64. The lowest BCUT2D eigenvalue weighted by Crippen LogP contribution is -2.42. The highest BCUT2D eigenvalue weighted by Gasteiger charge is 2.27. The minimum atomic E-state index is -0.542. The number of nitrogens with one attached hydrogen (secondary N) is 2. The van der Waals surface area contributed by atoms with E-state index in [1.807, 2.05) is 52.8 Å². The molecule has 0 radical (unpaired) electrons. The Bertz CT molecular complexity index is 1410. The van der Waals surface area contributed by atoms with Gasteiger partial charge in [-0.3, -0.25) is 9.78 Å². The Kier molecular flexibility index (Phi) is 8.78. The normalized spacial score (nSPS) is 17.5. The number of carbonyl (C=O) groups excluding carboxylic acids is 2. The standard InChI is InChI=1S/C31H38ClN3O5/c1-17(2)28(36)23-16-33-25-12-7-18(19-14-24(32)29(37)26(15-19)39-6)13-22(25)27(23)34-20-8-10-21(11-9-20)35-30(38)40-31(3,4)5/h7,12-17,20-21,37H,8-11H2,1-6H3,(H,33,34)(H,35,38)/t20-,21-. The smallest absolute Gasteiger partial charge is 0.407 e. The summed E-state index contributed by atoms with van der Waals surface area (Å²) < 4.78 is 10.7. The monoisotopic (exact) mass is 567 g/mol. The van der Waals surface area contributed by atoms with Crippen LogP contribution in [0.5, 0.6) is 11.5 Å². The molecule has 2 aromatic carbocycles. The third-order valence-corrected chi connectivity index (χ3v) is 7.32. The highest BCUT2D eigenvalue weighted by Crippen LogP contribution is 2.40. The average Bonchev–Trinajstić information content (AvgIpc) is 2.89. The van der Waals surface area contributed by atoms with Crippen LogP contribution in [0.2, 0.25) is 5.02 Å². The third-order valence-electron chi connectivity index (χ3n) is 7.04. The molecule has 0 spiro atoms. The molecule has 8 nitrogen and oxygen atoms in total. The van der Waals surface area contributed by atoms with Crippen LogP contribution in [-0.2, 0) is 4.74 Å². The molecule has 1 fully saturated rings. The summed E-state index contributed by atoms with van der Waals surface area (Å²) in [6, 6.07) is 9.40. The second-order valence-electron chi connectivity index (χ2n) is 11.6. The summed E-state index contributed by atoms with van der Waals surface area (Å²) in [5.41, 5.74) is 3.13. The number of ether oxygens (including phenoxy) is 2. The topological polar surface area (TPSA) is 110 Å². The Hall–Kier alpha value is -3.52. The zero-order chi connectivity index (χ0) is 29.2. The van der Waals surface area contributed by atoms with E-state index in [9.17, 15) is 14.7 Å². The Labute approximate surface area is 240 Å². The number of halogens is 1. The first-order chi connectivity index (χ1) is 18.9. The molecule has 1 aromatic heterocycles. The first-order valence-corrected chi connectivity index (χ1v) is 14.0. The maximum absolute atomic E-state index is 13.3. The molecule has 4 rings (SSSR count). The van der Waals surface area contributed by atoms with Gasteiger partial charge in [-0.2, -0.15) is 0 Å². The van der Waals surface area contributed by atoms with E-state index in [2.05, 4.69) is 15.6 Å². The lowest BCUT2D eigenvalue weighted by molar-refractivity contribution is 0.0492. The van der Waals surface area contributed by atoms with Gasteiger partial charge in [0, 0.05) is 29.6 Å². The van der Waals surface area contributed by atoms with E-state index in [0.29, 0.717) is 5.56 Å². The number of phenols is 1. The van der Waals surface area contributed by atoms with Crippen LogP contribution in [0.3, 0.4) is 0 Å². The molecule has 3 aromatic rings. The number of hydrogen-bond donors (Lipinski definition) is 3. The number of fused-ring (bicyclic) bond motifs is 1. The largest absolute Gasteiger partial charge is 0.503 e. The van der Waals surface area contributed by atoms with E-state index in [-0.39, 0.29) is 40.3 Å². The number of methoxy groups -OCH3 is 1. The maximum atomic E-state index is 13.3. The molecule has 1 aliphatic rings. The molecular weight excluding hydrogens is 530 g/mol. The number of ketones is 1. The van der Waals surface area contributed by atoms with Gasteiger partial charge in [0.15, 0.2) is 17.3 Å². The minimum Gasteiger partial charge on any atom is -0.503 e. The lowest BCUT2D eigenvalue weighted by atomic mass is 9.90. The van der Waals surface area contributed by atoms with E-state index in [1.54, 1.807) is 18.3 Å². The second kappa shape index (κ2) is 11.9. The van der Waals surface area contributed by atoms with Crippen molar-refractivity contribution < 1.29 is 24.2 Å². The fourth-order valence-corrected chi connectivity index (χ4v) is 5.19. The lowest BCUT2D eigenvalue weighted by Gasteiger charge is -2.31. The summed E-state index contributed by atoms with van der Waals surface area (Å²) in [5, 5.41) is 17.8. The molecule has 3 N–H and O–H groups in total. The van der Waals surface area contributed by atoms with Crippen LogP contribution in [-0.4, -0.2) is 46.8 Å². The van der Waals surface area contributed by atoms with Crippen molar-refractivity contribution in [3.63, 3.8) is 0 Å². The van der Waals surface area contributed by atoms with Crippen molar-refractivity contribution >= 4 is 40.1 Å². The number of anilines is 1. The van der Waals surface area contributed by atoms with Crippen LogP contribution in [0.1, 0.15) is 70.7 Å². The predicted octanol–water partition coefficient (Wildman–Crippen LogP) is 7.36. The Morgan fingerprint density at radius 1 is 1.05 bits per heavy atom. The van der Waals surface area contributed by atoms with Crippen molar-refractivity contribution in [1.82, 2.24) is 10.3 Å². The van der Waals surface area contributed by atoms with E-state index < -0.39 is 11.7 Å². The number of carbonyl (C=O) groups is 2. The number of rotatable bonds is 7. The molecule has 1 amide bonds. The molecule has 0 unspecified atom stereocenters. The third kappa shape index (κ3) is 6.78. The average molecular weight is 568 g/mol. The van der Waals surface area contributed by atoms with E-state index >= 15 is 0 Å². The van der Waals surface area contributed by atoms with Gasteiger partial charge in [0.2, 0.25) is 0 Å². The van der Waals surface area contributed by atoms with Gasteiger partial charge < -0.3 is 25.2 Å². The van der Waals surface area contributed by atoms with Gasteiger partial charge in [-0.25, -0.2) is 4.79 Å². The number of pyridine rings is 1. The number of hydrogen-bond acceptors (Lipinski definition) is 7. The van der Waals surface area contributed by atoms with Gasteiger partial charge in [-0.15, -0.1) is 0 Å². The van der Waals surface area contributed by atoms with Crippen molar-refractivity contribution in [2.24, 2.45) is 5.92 Å². The van der Waals surface area contributed by atoms with Crippen LogP contribution in [0.15, 0.2) is 36.5 Å². The molecular formula is C31H38ClN3O5. The fraction of sp³-hybridized carbons (Fsp3) is 0.452. The SMILES string of the molecule is COc1cc(-c2ccc3ncc(C(=O)C(C)C)c(N[C@H]4CC[C@H](NC(=O)OC(C)(C)C)CC4)c3c2)cc(Cl)c1O. The summed E-state index contributed by atoms with van der Waals surface area (Å²) in [5.74, 6) is -0.0206. The van der Waals surface area contributed by atoms with E-state index in [0.717, 1.165) is 53.4 Å². The zero-order valence-electron chi connectivity index (χ0n) is 23.9. The van der Waals surface area contributed by atoms with E-state index in [4.69, 9.17) is 21.1 Å². The molecule has 0 aliphatic heterocycles. The quantitative estimate of drug-likeness (QED) is 0.256. The van der Waals surface area contributed by atoms with E-state index in [1.165, 1.54) is 7.11 Å². The molecule has 214 valence electrons. The van der Waals surface area contributed by atoms with Gasteiger partial charge >= 0.3 is 6.09 Å². The number of benzene rings is 2. The molecule has 1 aliphatic carbocycles. The van der Waals surface area contributed by atoms with Crippen molar-refractivity contribution in [1.29, 1.82) is 0 Å². The number of Topliss-reactive ketones (excluding diaryl/α,β-unsaturated/α-hetero) is 1. The molecule has 9 heteroatoms. The fourth-order valence-electron chi connectivity index (χ4n) is 4.98. The summed E-state index contributed by atoms with van der Waals surface area (Å²) >= 11 is 6.27. The highest BCUT2D eigenvalue weighted by molar-refractivity contribution is 6.32. The van der Waals surface area contributed by atoms with Crippen molar-refractivity contribution in [2.75, 3.05) is 12.4 Å². The van der Waals surface area contributed by atoms with Gasteiger partial charge in [-0.05, 0) is 81.8 Å². The predicted molar refractivity (Wildman–Crippen MR) is 159 cm³/mol. The van der Waals surface area contributed by atoms with Gasteiger partial charge in [0.1, 0.15) is 5.60 Å². The number of aromatic nitrogens is 1. The van der Waals surface area contributed by atoms with Crippen molar-refractivity contribution in [3.05, 3.63) is 47.1 Å². The minimum absolute atomic E-state index is 0.0110. The number of amides is 1. The van der Waals surface area contributed by atoms with Crippen LogP contribution >= 0.6 is 11.6 Å². The second-order valence-corrected chi connectivity index (χ2v) is 12.1. The van der Waals surface area contributed by atoms with Gasteiger partial charge in [0.25, 0.3) is 0 Å². The maximum Gasteiger partial charge on any atom is 0.407 e. The summed E-state index contributed by atoms with van der Waals surface area (Å²) in [4.78, 5) is 30.1. The van der Waals surface area contributed by atoms with Crippen LogP contribution in [0, 0.1) is 5.92 Å². The zero-order valence-corrected chi connectivity index (χ0v) is 24.7. The summed E-state index contributed by atoms with van der Waals surface area (Å²) in [6.45, 7) is 9.30. The molecule has 0 atom stereocenters. The van der Waals surface area contributed by atoms with Crippen LogP contribution < -0.4 is 15.4 Å². The first kappa shape index (κ1) is 29.5. The number of phenolic OH excluding ortho intramolecular Hbond substituents is 1. The Morgan fingerprint density at radius 3 is 2.35 bits per heavy atom. The number of alkyl carbamates (subject to hydrolysis) is 1. The van der Waals surface area contributed by atoms with Crippen LogP contribution in [0.4, 0.5) is 10.5 Å². The molecule has 1 saturated carbocycles. The highest BCUT2D eigenvalue weighted by atomic mass is 35.5. The molecule has 1 heterocycles. The number of aromatic hydroxyl groups is 1. The van der Waals surface area contributed by atoms with Gasteiger partial charge in [-0.1, -0.05) is 31.5 Å².